The van der Waals surface area contributed by atoms with Gasteiger partial charge in [-0.2, -0.15) is 0 Å². The predicted octanol–water partition coefficient (Wildman–Crippen LogP) is 1.56. The van der Waals surface area contributed by atoms with Gasteiger partial charge in [-0.05, 0) is 18.2 Å². The van der Waals surface area contributed by atoms with Crippen molar-refractivity contribution in [2.75, 3.05) is 13.1 Å². The fraction of sp³-hybridized carbons (Fsp3) is 0.200. The van der Waals surface area contributed by atoms with E-state index < -0.39 is 5.82 Å². The number of hydrogen-bond donors (Lipinski definition) is 2. The van der Waals surface area contributed by atoms with E-state index in [0.29, 0.717) is 18.5 Å². The molecule has 0 unspecified atom stereocenters. The number of nitrogens with zero attached hydrogens (tertiary/aromatic N) is 1. The fourth-order valence-electron chi connectivity index (χ4n) is 1.71. The molecule has 2 rings (SSSR count). The van der Waals surface area contributed by atoms with Crippen LogP contribution in [0.3, 0.4) is 0 Å². The van der Waals surface area contributed by atoms with Gasteiger partial charge >= 0.3 is 0 Å². The summed E-state index contributed by atoms with van der Waals surface area (Å²) >= 11 is 1.53. The molecule has 2 aromatic rings. The van der Waals surface area contributed by atoms with Gasteiger partial charge in [-0.1, -0.05) is 11.8 Å². The normalized spacial score (nSPS) is 9.81. The number of nitrogens with one attached hydrogen (secondary N) is 1. The van der Waals surface area contributed by atoms with Crippen molar-refractivity contribution >= 4 is 17.2 Å². The number of carbonyl (C=O) groups is 1. The minimum atomic E-state index is -0.474. The number of benzene rings is 1. The lowest BCUT2D eigenvalue weighted by molar-refractivity contribution is 0.0953. The van der Waals surface area contributed by atoms with Crippen LogP contribution < -0.4 is 11.1 Å². The molecule has 3 N–H and O–H groups in total. The van der Waals surface area contributed by atoms with E-state index in [9.17, 15) is 9.18 Å². The molecule has 0 aliphatic carbocycles. The number of halogens is 1. The SMILES string of the molecule is NCC#Cc1ccc(F)cc1C(=O)NCCc1nccs1. The fourth-order valence-corrected chi connectivity index (χ4v) is 2.33. The number of aromatic nitrogens is 1. The van der Waals surface area contributed by atoms with Gasteiger partial charge in [0.15, 0.2) is 0 Å². The van der Waals surface area contributed by atoms with Gasteiger partial charge in [0.05, 0.1) is 17.1 Å². The van der Waals surface area contributed by atoms with Gasteiger partial charge in [-0.3, -0.25) is 4.79 Å². The number of carbonyl (C=O) groups excluding carboxylic acids is 1. The van der Waals surface area contributed by atoms with E-state index >= 15 is 0 Å². The first-order valence-corrected chi connectivity index (χ1v) is 7.23. The molecule has 1 amide bonds. The van der Waals surface area contributed by atoms with E-state index in [1.165, 1.54) is 29.5 Å². The van der Waals surface area contributed by atoms with Gasteiger partial charge in [0.1, 0.15) is 5.82 Å². The maximum Gasteiger partial charge on any atom is 0.252 e. The topological polar surface area (TPSA) is 68.0 Å². The Hall–Kier alpha value is -2.23. The largest absolute Gasteiger partial charge is 0.352 e. The molecule has 1 heterocycles. The lowest BCUT2D eigenvalue weighted by atomic mass is 10.1. The average molecular weight is 303 g/mol. The van der Waals surface area contributed by atoms with Gasteiger partial charge in [-0.15, -0.1) is 11.3 Å². The molecule has 21 heavy (non-hydrogen) atoms. The second-order valence-corrected chi connectivity index (χ2v) is 5.11. The first-order valence-electron chi connectivity index (χ1n) is 6.36. The van der Waals surface area contributed by atoms with E-state index in [1.807, 2.05) is 5.38 Å². The van der Waals surface area contributed by atoms with Crippen LogP contribution in [0, 0.1) is 17.7 Å². The highest BCUT2D eigenvalue weighted by Gasteiger charge is 2.11. The maximum atomic E-state index is 13.3. The van der Waals surface area contributed by atoms with Crippen LogP contribution in [0.5, 0.6) is 0 Å². The molecule has 0 spiro atoms. The summed E-state index contributed by atoms with van der Waals surface area (Å²) in [7, 11) is 0. The standard InChI is InChI=1S/C15H14FN3OS/c16-12-4-3-11(2-1-6-17)13(10-12)15(20)19-7-5-14-18-8-9-21-14/h3-4,8-10H,5-7,17H2,(H,19,20). The van der Waals surface area contributed by atoms with Crippen LogP contribution in [-0.2, 0) is 6.42 Å². The van der Waals surface area contributed by atoms with Crippen molar-refractivity contribution in [1.82, 2.24) is 10.3 Å². The van der Waals surface area contributed by atoms with E-state index in [4.69, 9.17) is 5.73 Å². The molecule has 108 valence electrons. The predicted molar refractivity (Wildman–Crippen MR) is 80.5 cm³/mol. The number of rotatable bonds is 4. The van der Waals surface area contributed by atoms with Crippen LogP contribution in [-0.4, -0.2) is 24.0 Å². The highest BCUT2D eigenvalue weighted by Crippen LogP contribution is 2.11. The molecule has 0 aliphatic rings. The summed E-state index contributed by atoms with van der Waals surface area (Å²) in [5.74, 6) is 4.61. The number of thiazole rings is 1. The summed E-state index contributed by atoms with van der Waals surface area (Å²) in [6.07, 6.45) is 2.36. The smallest absolute Gasteiger partial charge is 0.252 e. The van der Waals surface area contributed by atoms with E-state index in [0.717, 1.165) is 5.01 Å². The summed E-state index contributed by atoms with van der Waals surface area (Å²) in [6, 6.07) is 3.93. The van der Waals surface area contributed by atoms with Crippen molar-refractivity contribution in [3.8, 4) is 11.8 Å². The van der Waals surface area contributed by atoms with Crippen LogP contribution in [0.4, 0.5) is 4.39 Å². The van der Waals surface area contributed by atoms with E-state index in [2.05, 4.69) is 22.1 Å². The Labute approximate surface area is 126 Å². The molecule has 1 aromatic heterocycles. The highest BCUT2D eigenvalue weighted by atomic mass is 32.1. The van der Waals surface area contributed by atoms with Gasteiger partial charge in [-0.25, -0.2) is 9.37 Å². The summed E-state index contributed by atoms with van der Waals surface area (Å²) in [6.45, 7) is 0.620. The van der Waals surface area contributed by atoms with Crippen molar-refractivity contribution in [3.63, 3.8) is 0 Å². The van der Waals surface area contributed by atoms with Crippen LogP contribution in [0.2, 0.25) is 0 Å². The summed E-state index contributed by atoms with van der Waals surface area (Å²) in [4.78, 5) is 16.2. The second kappa shape index (κ2) is 7.53. The van der Waals surface area contributed by atoms with E-state index in [1.54, 1.807) is 6.20 Å². The van der Waals surface area contributed by atoms with Crippen molar-refractivity contribution in [2.45, 2.75) is 6.42 Å². The van der Waals surface area contributed by atoms with Crippen molar-refractivity contribution in [2.24, 2.45) is 5.73 Å². The minimum Gasteiger partial charge on any atom is -0.352 e. The molecule has 0 saturated heterocycles. The zero-order valence-corrected chi connectivity index (χ0v) is 12.0. The van der Waals surface area contributed by atoms with Crippen molar-refractivity contribution < 1.29 is 9.18 Å². The van der Waals surface area contributed by atoms with Crippen LogP contribution in [0.15, 0.2) is 29.8 Å². The third kappa shape index (κ3) is 4.38. The van der Waals surface area contributed by atoms with Crippen LogP contribution in [0.25, 0.3) is 0 Å². The quantitative estimate of drug-likeness (QED) is 0.842. The molecule has 6 heteroatoms. The number of amides is 1. The molecule has 0 bridgehead atoms. The second-order valence-electron chi connectivity index (χ2n) is 4.13. The van der Waals surface area contributed by atoms with Gasteiger partial charge < -0.3 is 11.1 Å². The summed E-state index contributed by atoms with van der Waals surface area (Å²) in [5.41, 5.74) is 6.00. The molecule has 4 nitrogen and oxygen atoms in total. The number of hydrogen-bond acceptors (Lipinski definition) is 4. The van der Waals surface area contributed by atoms with Crippen molar-refractivity contribution in [3.05, 3.63) is 51.7 Å². The van der Waals surface area contributed by atoms with Crippen LogP contribution >= 0.6 is 11.3 Å². The Bertz CT molecular complexity index is 674. The molecule has 0 radical (unpaired) electrons. The Morgan fingerprint density at radius 2 is 2.33 bits per heavy atom. The highest BCUT2D eigenvalue weighted by molar-refractivity contribution is 7.09. The Morgan fingerprint density at radius 1 is 1.48 bits per heavy atom. The zero-order valence-electron chi connectivity index (χ0n) is 11.2. The van der Waals surface area contributed by atoms with E-state index in [-0.39, 0.29) is 18.0 Å². The van der Waals surface area contributed by atoms with Gasteiger partial charge in [0.25, 0.3) is 5.91 Å². The molecular weight excluding hydrogens is 289 g/mol. The summed E-state index contributed by atoms with van der Waals surface area (Å²) in [5, 5.41) is 5.56. The third-order valence-corrected chi connectivity index (χ3v) is 3.50. The van der Waals surface area contributed by atoms with Crippen molar-refractivity contribution in [1.29, 1.82) is 0 Å². The third-order valence-electron chi connectivity index (χ3n) is 2.66. The maximum absolute atomic E-state index is 13.3. The molecule has 0 saturated carbocycles. The average Bonchev–Trinajstić information content (AvgIpc) is 2.99. The molecular formula is C15H14FN3OS. The summed E-state index contributed by atoms with van der Waals surface area (Å²) < 4.78 is 13.3. The molecule has 0 atom stereocenters. The first-order chi connectivity index (χ1) is 10.2. The molecule has 0 fully saturated rings. The zero-order chi connectivity index (χ0) is 15.1. The Balaban J connectivity index is 2.05. The van der Waals surface area contributed by atoms with Gasteiger partial charge in [0.2, 0.25) is 0 Å². The molecule has 0 aliphatic heterocycles. The lowest BCUT2D eigenvalue weighted by Gasteiger charge is -2.06. The monoisotopic (exact) mass is 303 g/mol. The lowest BCUT2D eigenvalue weighted by Crippen LogP contribution is -2.26. The van der Waals surface area contributed by atoms with Crippen LogP contribution in [0.1, 0.15) is 20.9 Å². The molecule has 1 aromatic carbocycles. The first kappa shape index (κ1) is 15.2. The van der Waals surface area contributed by atoms with Gasteiger partial charge in [0, 0.05) is 30.1 Å². The minimum absolute atomic E-state index is 0.183. The Kier molecular flexibility index (Phi) is 5.43. The number of nitrogens with two attached hydrogens (primary N) is 1. The Morgan fingerprint density at radius 3 is 3.05 bits per heavy atom.